The van der Waals surface area contributed by atoms with Gasteiger partial charge in [0.25, 0.3) is 0 Å². The Morgan fingerprint density at radius 3 is 1.52 bits per heavy atom. The Morgan fingerprint density at radius 1 is 0.522 bits per heavy atom. The fourth-order valence-electron chi connectivity index (χ4n) is 6.76. The van der Waals surface area contributed by atoms with Crippen LogP contribution in [0.4, 0.5) is 0 Å². The minimum absolute atomic E-state index is 0.683. The Morgan fingerprint density at radius 2 is 0.978 bits per heavy atom. The average molecular weight is 795 g/mol. The highest BCUT2D eigenvalue weighted by atomic mass is 79.9. The van der Waals surface area contributed by atoms with Crippen LogP contribution in [0.2, 0.25) is 0 Å². The molecule has 0 aliphatic heterocycles. The normalized spacial score (nSPS) is 11.8. The van der Waals surface area contributed by atoms with E-state index in [1.807, 2.05) is 37.6 Å². The van der Waals surface area contributed by atoms with Gasteiger partial charge in [0, 0.05) is 69.8 Å². The van der Waals surface area contributed by atoms with Crippen molar-refractivity contribution < 1.29 is 0 Å². The number of pyridine rings is 3. The molecule has 0 saturated heterocycles. The smallest absolute Gasteiger partial charge is 0.100 e. The standard InChI is InChI=1S/C25H18Br2N4.C12H9BrN2/c1-14-24-18(7-9-28-14)20-11-16(26)3-5-22(20)30(24)13-31-23-6-4-17(27)12-21(23)19-8-10-29-15(2)25(19)31;1-7-12-9(4-5-14-7)10-6-8(13)2-3-11(10)15-12/h3-12H,13H2,1-2H3;2-6,15H,1H3. The molecule has 1 N–H and O–H groups in total. The van der Waals surface area contributed by atoms with E-state index in [9.17, 15) is 0 Å². The van der Waals surface area contributed by atoms with Gasteiger partial charge in [0.05, 0.1) is 44.7 Å². The summed E-state index contributed by atoms with van der Waals surface area (Å²) in [4.78, 5) is 16.9. The maximum absolute atomic E-state index is 4.61. The number of H-pyrrole nitrogens is 1. The number of benzene rings is 3. The van der Waals surface area contributed by atoms with Gasteiger partial charge in [0.15, 0.2) is 0 Å². The molecule has 9 rings (SSSR count). The lowest BCUT2D eigenvalue weighted by Crippen LogP contribution is -2.09. The van der Waals surface area contributed by atoms with E-state index in [-0.39, 0.29) is 0 Å². The van der Waals surface area contributed by atoms with Crippen LogP contribution >= 0.6 is 47.8 Å². The number of nitrogens with zero attached hydrogens (tertiary/aromatic N) is 5. The minimum atomic E-state index is 0.683. The summed E-state index contributed by atoms with van der Waals surface area (Å²) < 4.78 is 8.02. The van der Waals surface area contributed by atoms with Crippen molar-refractivity contribution in [2.24, 2.45) is 0 Å². The fourth-order valence-corrected chi connectivity index (χ4v) is 7.84. The monoisotopic (exact) mass is 792 g/mol. The number of aromatic nitrogens is 6. The fraction of sp³-hybridized carbons (Fsp3) is 0.108. The zero-order valence-corrected chi connectivity index (χ0v) is 30.0. The van der Waals surface area contributed by atoms with E-state index in [4.69, 9.17) is 0 Å². The summed E-state index contributed by atoms with van der Waals surface area (Å²) in [6.07, 6.45) is 5.65. The second-order valence-electron chi connectivity index (χ2n) is 11.5. The molecule has 0 unspecified atom stereocenters. The number of fused-ring (bicyclic) bond motifs is 9. The highest BCUT2D eigenvalue weighted by Gasteiger charge is 2.18. The van der Waals surface area contributed by atoms with Crippen LogP contribution in [0.1, 0.15) is 17.1 Å². The second kappa shape index (κ2) is 11.3. The number of aryl methyl sites for hydroxylation is 3. The maximum atomic E-state index is 4.61. The first-order valence-electron chi connectivity index (χ1n) is 14.9. The van der Waals surface area contributed by atoms with Crippen molar-refractivity contribution in [3.63, 3.8) is 0 Å². The molecule has 0 bridgehead atoms. The topological polar surface area (TPSA) is 64.3 Å². The van der Waals surface area contributed by atoms with Gasteiger partial charge >= 0.3 is 0 Å². The first-order valence-corrected chi connectivity index (χ1v) is 17.2. The van der Waals surface area contributed by atoms with Gasteiger partial charge in [-0.2, -0.15) is 0 Å². The van der Waals surface area contributed by atoms with Crippen LogP contribution < -0.4 is 0 Å². The molecular weight excluding hydrogens is 768 g/mol. The second-order valence-corrected chi connectivity index (χ2v) is 14.3. The van der Waals surface area contributed by atoms with Crippen molar-refractivity contribution in [3.8, 4) is 0 Å². The van der Waals surface area contributed by atoms with E-state index >= 15 is 0 Å². The Labute approximate surface area is 289 Å². The highest BCUT2D eigenvalue weighted by Crippen LogP contribution is 2.36. The third-order valence-corrected chi connectivity index (χ3v) is 10.3. The SMILES string of the molecule is Cc1nccc2c1[nH]c1ccc(Br)cc12.Cc1nccc2c3cc(Br)ccc3n(Cn3c4ccc(Br)cc4c4ccnc(C)c43)c12. The Hall–Kier alpha value is -4.05. The first kappa shape index (κ1) is 29.4. The number of hydrogen-bond donors (Lipinski definition) is 1. The minimum Gasteiger partial charge on any atom is -0.353 e. The van der Waals surface area contributed by atoms with E-state index in [0.29, 0.717) is 6.67 Å². The summed E-state index contributed by atoms with van der Waals surface area (Å²) in [5, 5.41) is 7.38. The summed E-state index contributed by atoms with van der Waals surface area (Å²) in [5.41, 5.74) is 10.1. The third kappa shape index (κ3) is 4.75. The summed E-state index contributed by atoms with van der Waals surface area (Å²) in [5.74, 6) is 0. The van der Waals surface area contributed by atoms with E-state index in [0.717, 1.165) is 41.5 Å². The molecular formula is C37H27Br3N6. The van der Waals surface area contributed by atoms with Gasteiger partial charge in [-0.05, 0) is 93.6 Å². The largest absolute Gasteiger partial charge is 0.353 e. The number of rotatable bonds is 2. The Kier molecular flexibility index (Phi) is 7.23. The van der Waals surface area contributed by atoms with E-state index in [1.54, 1.807) is 0 Å². The lowest BCUT2D eigenvalue weighted by molar-refractivity contribution is 0.678. The van der Waals surface area contributed by atoms with Crippen LogP contribution in [-0.2, 0) is 6.67 Å². The predicted octanol–water partition coefficient (Wildman–Crippen LogP) is 11.1. The van der Waals surface area contributed by atoms with Gasteiger partial charge in [-0.3, -0.25) is 15.0 Å². The van der Waals surface area contributed by atoms with Crippen LogP contribution in [0.5, 0.6) is 0 Å². The van der Waals surface area contributed by atoms with Gasteiger partial charge in [-0.1, -0.05) is 47.8 Å². The van der Waals surface area contributed by atoms with Gasteiger partial charge in [-0.15, -0.1) is 0 Å². The van der Waals surface area contributed by atoms with Crippen molar-refractivity contribution in [2.75, 3.05) is 0 Å². The molecule has 0 aliphatic carbocycles. The number of nitrogens with one attached hydrogen (secondary N) is 1. The zero-order valence-electron chi connectivity index (χ0n) is 25.2. The molecule has 9 heteroatoms. The summed E-state index contributed by atoms with van der Waals surface area (Å²) in [6.45, 7) is 6.88. The maximum Gasteiger partial charge on any atom is 0.100 e. The molecule has 226 valence electrons. The Bertz CT molecular complexity index is 2520. The van der Waals surface area contributed by atoms with Crippen LogP contribution in [0.15, 0.2) is 105 Å². The lowest BCUT2D eigenvalue weighted by Gasteiger charge is -2.13. The van der Waals surface area contributed by atoms with Crippen LogP contribution in [0, 0.1) is 20.8 Å². The quantitative estimate of drug-likeness (QED) is 0.190. The van der Waals surface area contributed by atoms with Gasteiger partial charge < -0.3 is 14.1 Å². The van der Waals surface area contributed by atoms with Crippen LogP contribution in [0.25, 0.3) is 65.4 Å². The van der Waals surface area contributed by atoms with E-state index in [1.165, 1.54) is 54.4 Å². The molecule has 6 nitrogen and oxygen atoms in total. The third-order valence-electron chi connectivity index (χ3n) is 8.79. The number of halogens is 3. The summed E-state index contributed by atoms with van der Waals surface area (Å²) in [6, 6.07) is 25.5. The van der Waals surface area contributed by atoms with Crippen molar-refractivity contribution in [1.29, 1.82) is 0 Å². The molecule has 0 amide bonds. The van der Waals surface area contributed by atoms with Crippen LogP contribution in [-0.4, -0.2) is 29.1 Å². The molecule has 0 aliphatic rings. The molecule has 46 heavy (non-hydrogen) atoms. The van der Waals surface area contributed by atoms with E-state index < -0.39 is 0 Å². The zero-order chi connectivity index (χ0) is 31.7. The highest BCUT2D eigenvalue weighted by molar-refractivity contribution is 9.11. The molecule has 0 radical (unpaired) electrons. The first-order chi connectivity index (χ1) is 22.3. The van der Waals surface area contributed by atoms with Crippen molar-refractivity contribution in [1.82, 2.24) is 29.1 Å². The Balaban J connectivity index is 0.000000174. The summed E-state index contributed by atoms with van der Waals surface area (Å²) >= 11 is 10.8. The molecule has 0 fully saturated rings. The van der Waals surface area contributed by atoms with Gasteiger partial charge in [0.1, 0.15) is 6.67 Å². The molecule has 6 aromatic heterocycles. The summed E-state index contributed by atoms with van der Waals surface area (Å²) in [7, 11) is 0. The molecule has 0 saturated carbocycles. The van der Waals surface area contributed by atoms with E-state index in [2.05, 4.69) is 151 Å². The molecule has 0 spiro atoms. The number of aromatic amines is 1. The van der Waals surface area contributed by atoms with Gasteiger partial charge in [0.2, 0.25) is 0 Å². The van der Waals surface area contributed by atoms with Crippen molar-refractivity contribution >= 4 is 113 Å². The number of hydrogen-bond acceptors (Lipinski definition) is 3. The van der Waals surface area contributed by atoms with Gasteiger partial charge in [-0.25, -0.2) is 0 Å². The van der Waals surface area contributed by atoms with Crippen molar-refractivity contribution in [2.45, 2.75) is 27.4 Å². The molecule has 6 heterocycles. The molecule has 0 atom stereocenters. The van der Waals surface area contributed by atoms with Crippen LogP contribution in [0.3, 0.4) is 0 Å². The van der Waals surface area contributed by atoms with Crippen molar-refractivity contribution in [3.05, 3.63) is 122 Å². The molecule has 9 aromatic rings. The lowest BCUT2D eigenvalue weighted by atomic mass is 10.2. The predicted molar refractivity (Wildman–Crippen MR) is 201 cm³/mol. The molecule has 3 aromatic carbocycles. The average Bonchev–Trinajstić information content (AvgIpc) is 3.67.